The fraction of sp³-hybridized carbons (Fsp3) is 0.500. The SMILES string of the molecule is O=C(Cc1ccccc1)N1CCn2cc(CN3CCCCC3)nc2C1.O=C(O)C(F)(F)F. The summed E-state index contributed by atoms with van der Waals surface area (Å²) < 4.78 is 34.0. The van der Waals surface area contributed by atoms with Crippen molar-refractivity contribution >= 4 is 11.9 Å². The third-order valence-electron chi connectivity index (χ3n) is 5.48. The summed E-state index contributed by atoms with van der Waals surface area (Å²) in [4.78, 5) is 30.7. The second-order valence-electron chi connectivity index (χ2n) is 7.96. The molecule has 0 unspecified atom stereocenters. The highest BCUT2D eigenvalue weighted by Gasteiger charge is 2.38. The molecule has 2 aromatic rings. The third-order valence-corrected chi connectivity index (χ3v) is 5.48. The molecule has 0 bridgehead atoms. The molecule has 0 spiro atoms. The number of hydrogen-bond donors (Lipinski definition) is 1. The van der Waals surface area contributed by atoms with Crippen LogP contribution in [-0.4, -0.2) is 62.1 Å². The second-order valence-corrected chi connectivity index (χ2v) is 7.96. The number of aliphatic carboxylic acids is 1. The molecule has 0 saturated carbocycles. The number of fused-ring (bicyclic) bond motifs is 1. The highest BCUT2D eigenvalue weighted by molar-refractivity contribution is 5.78. The average Bonchev–Trinajstić information content (AvgIpc) is 3.16. The zero-order valence-corrected chi connectivity index (χ0v) is 17.7. The number of likely N-dealkylation sites (tertiary alicyclic amines) is 1. The molecule has 7 nitrogen and oxygen atoms in total. The first-order valence-electron chi connectivity index (χ1n) is 10.6. The highest BCUT2D eigenvalue weighted by Crippen LogP contribution is 2.17. The monoisotopic (exact) mass is 452 g/mol. The van der Waals surface area contributed by atoms with Crippen molar-refractivity contribution < 1.29 is 27.9 Å². The predicted molar refractivity (Wildman–Crippen MR) is 111 cm³/mol. The number of carbonyl (C=O) groups is 2. The lowest BCUT2D eigenvalue weighted by atomic mass is 10.1. The van der Waals surface area contributed by atoms with Gasteiger partial charge in [0.2, 0.25) is 5.91 Å². The van der Waals surface area contributed by atoms with Crippen LogP contribution in [0.3, 0.4) is 0 Å². The fourth-order valence-corrected chi connectivity index (χ4v) is 3.83. The van der Waals surface area contributed by atoms with Crippen LogP contribution in [-0.2, 0) is 35.6 Å². The molecule has 1 saturated heterocycles. The number of nitrogens with zero attached hydrogens (tertiary/aromatic N) is 4. The molecule has 1 aromatic carbocycles. The molecule has 174 valence electrons. The Balaban J connectivity index is 0.000000360. The summed E-state index contributed by atoms with van der Waals surface area (Å²) >= 11 is 0. The lowest BCUT2D eigenvalue weighted by molar-refractivity contribution is -0.192. The van der Waals surface area contributed by atoms with E-state index in [4.69, 9.17) is 14.9 Å². The van der Waals surface area contributed by atoms with E-state index in [-0.39, 0.29) is 5.91 Å². The number of carbonyl (C=O) groups excluding carboxylic acids is 1. The Kier molecular flexibility index (Phi) is 7.89. The molecule has 2 aliphatic heterocycles. The number of hydrogen-bond acceptors (Lipinski definition) is 4. The van der Waals surface area contributed by atoms with Crippen LogP contribution in [0, 0.1) is 0 Å². The topological polar surface area (TPSA) is 78.7 Å². The Morgan fingerprint density at radius 1 is 1.00 bits per heavy atom. The van der Waals surface area contributed by atoms with Crippen LogP contribution in [0.4, 0.5) is 13.2 Å². The zero-order chi connectivity index (χ0) is 23.1. The van der Waals surface area contributed by atoms with E-state index in [9.17, 15) is 18.0 Å². The Hall–Kier alpha value is -2.88. The van der Waals surface area contributed by atoms with E-state index in [1.807, 2.05) is 35.2 Å². The number of alkyl halides is 3. The standard InChI is InChI=1S/C20H26N4O.C2HF3O2/c25-20(13-17-7-3-1-4-8-17)24-12-11-23-15-18(21-19(23)16-24)14-22-9-5-2-6-10-22;3-2(4,5)1(6)7/h1,3-4,7-8,15H,2,5-6,9-14,16H2;(H,6,7). The Labute approximate surface area is 184 Å². The van der Waals surface area contributed by atoms with Gasteiger partial charge in [0.15, 0.2) is 0 Å². The molecule has 32 heavy (non-hydrogen) atoms. The number of rotatable bonds is 4. The van der Waals surface area contributed by atoms with Crippen LogP contribution in [0.2, 0.25) is 0 Å². The Morgan fingerprint density at radius 3 is 2.28 bits per heavy atom. The number of benzene rings is 1. The molecular formula is C22H27F3N4O3. The van der Waals surface area contributed by atoms with Crippen molar-refractivity contribution in [2.24, 2.45) is 0 Å². The predicted octanol–water partition coefficient (Wildman–Crippen LogP) is 3.09. The minimum atomic E-state index is -5.08. The van der Waals surface area contributed by atoms with Gasteiger partial charge < -0.3 is 14.6 Å². The van der Waals surface area contributed by atoms with Gasteiger partial charge in [0.25, 0.3) is 0 Å². The van der Waals surface area contributed by atoms with E-state index >= 15 is 0 Å². The van der Waals surface area contributed by atoms with Crippen LogP contribution < -0.4 is 0 Å². The summed E-state index contributed by atoms with van der Waals surface area (Å²) in [5, 5.41) is 7.12. The van der Waals surface area contributed by atoms with Crippen LogP contribution in [0.25, 0.3) is 0 Å². The van der Waals surface area contributed by atoms with Gasteiger partial charge in [0.05, 0.1) is 18.7 Å². The smallest absolute Gasteiger partial charge is 0.475 e. The molecule has 1 amide bonds. The third kappa shape index (κ3) is 6.81. The molecule has 1 fully saturated rings. The maximum atomic E-state index is 12.6. The lowest BCUT2D eigenvalue weighted by Gasteiger charge is -2.27. The van der Waals surface area contributed by atoms with Gasteiger partial charge >= 0.3 is 12.1 Å². The molecule has 0 aliphatic carbocycles. The minimum absolute atomic E-state index is 0.193. The summed E-state index contributed by atoms with van der Waals surface area (Å²) in [5.74, 6) is -1.54. The van der Waals surface area contributed by atoms with E-state index in [1.54, 1.807) is 0 Å². The van der Waals surface area contributed by atoms with Gasteiger partial charge in [-0.1, -0.05) is 36.8 Å². The largest absolute Gasteiger partial charge is 0.490 e. The molecule has 4 rings (SSSR count). The Bertz CT molecular complexity index is 909. The molecule has 2 aliphatic rings. The normalized spacial score (nSPS) is 16.7. The second kappa shape index (κ2) is 10.6. The number of piperidine rings is 1. The summed E-state index contributed by atoms with van der Waals surface area (Å²) in [5.41, 5.74) is 2.22. The lowest BCUT2D eigenvalue weighted by Crippen LogP contribution is -2.39. The number of aromatic nitrogens is 2. The van der Waals surface area contributed by atoms with E-state index < -0.39 is 12.1 Å². The maximum absolute atomic E-state index is 12.6. The van der Waals surface area contributed by atoms with Crippen molar-refractivity contribution in [1.29, 1.82) is 0 Å². The van der Waals surface area contributed by atoms with Crippen LogP contribution >= 0.6 is 0 Å². The van der Waals surface area contributed by atoms with Crippen molar-refractivity contribution in [3.05, 3.63) is 53.6 Å². The summed E-state index contributed by atoms with van der Waals surface area (Å²) in [6.45, 7) is 5.57. The molecule has 0 radical (unpaired) electrons. The highest BCUT2D eigenvalue weighted by atomic mass is 19.4. The van der Waals surface area contributed by atoms with Gasteiger partial charge in [0, 0.05) is 25.8 Å². The zero-order valence-electron chi connectivity index (χ0n) is 17.7. The van der Waals surface area contributed by atoms with Crippen molar-refractivity contribution in [3.8, 4) is 0 Å². The van der Waals surface area contributed by atoms with E-state index in [1.165, 1.54) is 32.4 Å². The first-order chi connectivity index (χ1) is 15.2. The molecule has 3 heterocycles. The van der Waals surface area contributed by atoms with E-state index in [0.29, 0.717) is 13.0 Å². The quantitative estimate of drug-likeness (QED) is 0.772. The van der Waals surface area contributed by atoms with Crippen LogP contribution in [0.15, 0.2) is 36.5 Å². The first kappa shape index (κ1) is 23.8. The first-order valence-corrected chi connectivity index (χ1v) is 10.6. The van der Waals surface area contributed by atoms with Gasteiger partial charge in [-0.25, -0.2) is 9.78 Å². The van der Waals surface area contributed by atoms with Crippen LogP contribution in [0.5, 0.6) is 0 Å². The van der Waals surface area contributed by atoms with Crippen molar-refractivity contribution in [3.63, 3.8) is 0 Å². The minimum Gasteiger partial charge on any atom is -0.475 e. The molecule has 0 atom stereocenters. The number of imidazole rings is 1. The summed E-state index contributed by atoms with van der Waals surface area (Å²) in [6, 6.07) is 9.98. The van der Waals surface area contributed by atoms with Crippen LogP contribution in [0.1, 0.15) is 36.3 Å². The number of carboxylic acid groups (broad SMARTS) is 1. The summed E-state index contributed by atoms with van der Waals surface area (Å²) in [7, 11) is 0. The van der Waals surface area contributed by atoms with E-state index in [2.05, 4.69) is 15.7 Å². The number of halogens is 3. The number of amides is 1. The van der Waals surface area contributed by atoms with Crippen molar-refractivity contribution in [2.75, 3.05) is 19.6 Å². The average molecular weight is 452 g/mol. The van der Waals surface area contributed by atoms with Gasteiger partial charge in [0.1, 0.15) is 5.82 Å². The van der Waals surface area contributed by atoms with Gasteiger partial charge in [-0.05, 0) is 31.5 Å². The molecule has 1 aromatic heterocycles. The fourth-order valence-electron chi connectivity index (χ4n) is 3.83. The van der Waals surface area contributed by atoms with Gasteiger partial charge in [-0.3, -0.25) is 9.69 Å². The van der Waals surface area contributed by atoms with Crippen molar-refractivity contribution in [1.82, 2.24) is 19.4 Å². The van der Waals surface area contributed by atoms with Gasteiger partial charge in [-0.15, -0.1) is 0 Å². The molecule has 10 heteroatoms. The van der Waals surface area contributed by atoms with Gasteiger partial charge in [-0.2, -0.15) is 13.2 Å². The maximum Gasteiger partial charge on any atom is 0.490 e. The Morgan fingerprint density at radius 2 is 1.66 bits per heavy atom. The van der Waals surface area contributed by atoms with E-state index in [0.717, 1.165) is 36.7 Å². The van der Waals surface area contributed by atoms with Crippen molar-refractivity contribution in [2.45, 2.75) is 51.5 Å². The number of carboxylic acids is 1. The molecular weight excluding hydrogens is 425 g/mol. The molecule has 1 N–H and O–H groups in total. The summed E-state index contributed by atoms with van der Waals surface area (Å²) in [6.07, 6.45) is 1.53.